The zero-order valence-electron chi connectivity index (χ0n) is 14.0. The van der Waals surface area contributed by atoms with E-state index in [-0.39, 0.29) is 16.7 Å². The summed E-state index contributed by atoms with van der Waals surface area (Å²) in [4.78, 5) is 20.8. The van der Waals surface area contributed by atoms with Crippen LogP contribution in [-0.4, -0.2) is 56.6 Å². The molecule has 1 aromatic rings. The van der Waals surface area contributed by atoms with Crippen LogP contribution in [0.2, 0.25) is 0 Å². The molecular formula is C16H25N3O3S. The maximum Gasteiger partial charge on any atom is 0.225 e. The van der Waals surface area contributed by atoms with Crippen LogP contribution in [0.25, 0.3) is 0 Å². The van der Waals surface area contributed by atoms with E-state index >= 15 is 0 Å². The molecule has 0 radical (unpaired) electrons. The Kier molecular flexibility index (Phi) is 5.62. The molecule has 1 aromatic heterocycles. The van der Waals surface area contributed by atoms with Gasteiger partial charge in [-0.2, -0.15) is 0 Å². The Morgan fingerprint density at radius 1 is 1.30 bits per heavy atom. The van der Waals surface area contributed by atoms with Crippen LogP contribution in [0.4, 0.5) is 5.82 Å². The van der Waals surface area contributed by atoms with Crippen LogP contribution in [-0.2, 0) is 14.6 Å². The molecule has 2 heterocycles. The predicted octanol–water partition coefficient (Wildman–Crippen LogP) is 1.57. The smallest absolute Gasteiger partial charge is 0.225 e. The van der Waals surface area contributed by atoms with Gasteiger partial charge in [0.1, 0.15) is 10.7 Å². The van der Waals surface area contributed by atoms with Gasteiger partial charge in [-0.05, 0) is 38.8 Å². The standard InChI is InChI=1S/C16H25N3O3S/c1-4-18(5-2)16(20)13-8-11-19(12-9-13)15-14(23(3,21)22)7-6-10-17-15/h6-7,10,13H,4-5,8-9,11-12H2,1-3H3. The second kappa shape index (κ2) is 7.29. The zero-order chi connectivity index (χ0) is 17.0. The molecule has 0 spiro atoms. The number of hydrogen-bond donors (Lipinski definition) is 0. The van der Waals surface area contributed by atoms with Crippen LogP contribution in [0.3, 0.4) is 0 Å². The molecule has 1 amide bonds. The van der Waals surface area contributed by atoms with E-state index in [1.165, 1.54) is 6.26 Å². The van der Waals surface area contributed by atoms with Gasteiger partial charge in [0.25, 0.3) is 0 Å². The fourth-order valence-corrected chi connectivity index (χ4v) is 3.88. The van der Waals surface area contributed by atoms with E-state index in [2.05, 4.69) is 4.98 Å². The summed E-state index contributed by atoms with van der Waals surface area (Å²) >= 11 is 0. The van der Waals surface area contributed by atoms with Crippen LogP contribution in [0, 0.1) is 5.92 Å². The summed E-state index contributed by atoms with van der Waals surface area (Å²) < 4.78 is 23.8. The fraction of sp³-hybridized carbons (Fsp3) is 0.625. The van der Waals surface area contributed by atoms with Crippen LogP contribution in [0.1, 0.15) is 26.7 Å². The highest BCUT2D eigenvalue weighted by Crippen LogP contribution is 2.27. The van der Waals surface area contributed by atoms with Crippen molar-refractivity contribution in [3.63, 3.8) is 0 Å². The van der Waals surface area contributed by atoms with Gasteiger partial charge in [0, 0.05) is 44.5 Å². The van der Waals surface area contributed by atoms with Gasteiger partial charge in [0.15, 0.2) is 9.84 Å². The SMILES string of the molecule is CCN(CC)C(=O)C1CCN(c2ncccc2S(C)(=O)=O)CC1. The molecule has 1 fully saturated rings. The van der Waals surface area contributed by atoms with Crippen molar-refractivity contribution in [2.45, 2.75) is 31.6 Å². The van der Waals surface area contributed by atoms with Gasteiger partial charge in [-0.1, -0.05) is 0 Å². The Labute approximate surface area is 138 Å². The molecule has 0 bridgehead atoms. The fourth-order valence-electron chi connectivity index (χ4n) is 3.04. The lowest BCUT2D eigenvalue weighted by Crippen LogP contribution is -2.43. The van der Waals surface area contributed by atoms with Crippen molar-refractivity contribution in [1.82, 2.24) is 9.88 Å². The highest BCUT2D eigenvalue weighted by Gasteiger charge is 2.29. The highest BCUT2D eigenvalue weighted by atomic mass is 32.2. The molecular weight excluding hydrogens is 314 g/mol. The van der Waals surface area contributed by atoms with Gasteiger partial charge in [-0.25, -0.2) is 13.4 Å². The number of anilines is 1. The molecule has 23 heavy (non-hydrogen) atoms. The van der Waals surface area contributed by atoms with Crippen LogP contribution >= 0.6 is 0 Å². The number of carbonyl (C=O) groups is 1. The van der Waals surface area contributed by atoms with Gasteiger partial charge in [-0.3, -0.25) is 4.79 Å². The van der Waals surface area contributed by atoms with Crippen molar-refractivity contribution in [3.8, 4) is 0 Å². The quantitative estimate of drug-likeness (QED) is 0.814. The number of aromatic nitrogens is 1. The molecule has 1 saturated heterocycles. The number of hydrogen-bond acceptors (Lipinski definition) is 5. The summed E-state index contributed by atoms with van der Waals surface area (Å²) in [6.45, 7) is 6.74. The maximum atomic E-state index is 12.4. The first-order valence-electron chi connectivity index (χ1n) is 8.07. The molecule has 7 heteroatoms. The molecule has 128 valence electrons. The lowest BCUT2D eigenvalue weighted by molar-refractivity contribution is -0.135. The number of rotatable bonds is 5. The largest absolute Gasteiger partial charge is 0.355 e. The van der Waals surface area contributed by atoms with E-state index in [1.807, 2.05) is 23.6 Å². The Balaban J connectivity index is 2.10. The lowest BCUT2D eigenvalue weighted by atomic mass is 9.95. The van der Waals surface area contributed by atoms with Gasteiger partial charge >= 0.3 is 0 Å². The summed E-state index contributed by atoms with van der Waals surface area (Å²) in [6.07, 6.45) is 4.27. The second-order valence-corrected chi connectivity index (χ2v) is 7.85. The number of nitrogens with zero attached hydrogens (tertiary/aromatic N) is 3. The zero-order valence-corrected chi connectivity index (χ0v) is 14.8. The van der Waals surface area contributed by atoms with Crippen molar-refractivity contribution in [2.24, 2.45) is 5.92 Å². The van der Waals surface area contributed by atoms with Crippen molar-refractivity contribution in [3.05, 3.63) is 18.3 Å². The Hall–Kier alpha value is -1.63. The third kappa shape index (κ3) is 4.02. The minimum absolute atomic E-state index is 0.0246. The minimum atomic E-state index is -3.31. The summed E-state index contributed by atoms with van der Waals surface area (Å²) in [7, 11) is -3.31. The molecule has 1 aliphatic heterocycles. The Morgan fingerprint density at radius 3 is 2.43 bits per heavy atom. The van der Waals surface area contributed by atoms with Crippen molar-refractivity contribution >= 4 is 21.6 Å². The van der Waals surface area contributed by atoms with Crippen LogP contribution in [0.5, 0.6) is 0 Å². The summed E-state index contributed by atoms with van der Waals surface area (Å²) in [5, 5.41) is 0. The number of sulfone groups is 1. The summed E-state index contributed by atoms with van der Waals surface area (Å²) in [6, 6.07) is 3.22. The number of pyridine rings is 1. The molecule has 2 rings (SSSR count). The summed E-state index contributed by atoms with van der Waals surface area (Å²) in [5.41, 5.74) is 0. The first-order valence-corrected chi connectivity index (χ1v) is 9.96. The number of piperidine rings is 1. The number of carbonyl (C=O) groups excluding carboxylic acids is 1. The van der Waals surface area contributed by atoms with Crippen molar-refractivity contribution in [2.75, 3.05) is 37.3 Å². The first kappa shape index (κ1) is 17.7. The third-order valence-electron chi connectivity index (χ3n) is 4.37. The lowest BCUT2D eigenvalue weighted by Gasteiger charge is -2.34. The first-order chi connectivity index (χ1) is 10.9. The summed E-state index contributed by atoms with van der Waals surface area (Å²) in [5.74, 6) is 0.735. The monoisotopic (exact) mass is 339 g/mol. The second-order valence-electron chi connectivity index (χ2n) is 5.87. The molecule has 0 saturated carbocycles. The van der Waals surface area contributed by atoms with E-state index < -0.39 is 9.84 Å². The highest BCUT2D eigenvalue weighted by molar-refractivity contribution is 7.90. The van der Waals surface area contributed by atoms with Gasteiger partial charge in [0.05, 0.1) is 0 Å². The maximum absolute atomic E-state index is 12.4. The Bertz CT molecular complexity index is 648. The van der Waals surface area contributed by atoms with E-state index in [0.717, 1.165) is 25.9 Å². The molecule has 1 aliphatic rings. The Morgan fingerprint density at radius 2 is 1.91 bits per heavy atom. The van der Waals surface area contributed by atoms with E-state index in [4.69, 9.17) is 0 Å². The predicted molar refractivity (Wildman–Crippen MR) is 90.2 cm³/mol. The topological polar surface area (TPSA) is 70.6 Å². The average molecular weight is 339 g/mol. The van der Waals surface area contributed by atoms with Crippen LogP contribution in [0.15, 0.2) is 23.2 Å². The van der Waals surface area contributed by atoms with E-state index in [1.54, 1.807) is 18.3 Å². The molecule has 0 N–H and O–H groups in total. The van der Waals surface area contributed by atoms with Gasteiger partial charge in [0.2, 0.25) is 5.91 Å². The third-order valence-corrected chi connectivity index (χ3v) is 5.49. The molecule has 0 atom stereocenters. The van der Waals surface area contributed by atoms with E-state index in [9.17, 15) is 13.2 Å². The molecule has 0 unspecified atom stereocenters. The molecule has 0 aliphatic carbocycles. The normalized spacial score (nSPS) is 16.4. The van der Waals surface area contributed by atoms with Gasteiger partial charge < -0.3 is 9.80 Å². The van der Waals surface area contributed by atoms with Crippen molar-refractivity contribution in [1.29, 1.82) is 0 Å². The van der Waals surface area contributed by atoms with E-state index in [0.29, 0.717) is 18.9 Å². The van der Waals surface area contributed by atoms with Crippen LogP contribution < -0.4 is 4.90 Å². The average Bonchev–Trinajstić information content (AvgIpc) is 2.55. The van der Waals surface area contributed by atoms with Crippen molar-refractivity contribution < 1.29 is 13.2 Å². The molecule has 6 nitrogen and oxygen atoms in total. The minimum Gasteiger partial charge on any atom is -0.355 e. The molecule has 0 aromatic carbocycles. The van der Waals surface area contributed by atoms with Gasteiger partial charge in [-0.15, -0.1) is 0 Å². The number of amides is 1.